The van der Waals surface area contributed by atoms with Crippen molar-refractivity contribution in [2.75, 3.05) is 19.3 Å². The maximum absolute atomic E-state index is 12.5. The summed E-state index contributed by atoms with van der Waals surface area (Å²) in [5, 5.41) is 4.35. The highest BCUT2D eigenvalue weighted by atomic mass is 32.2. The van der Waals surface area contributed by atoms with Gasteiger partial charge < -0.3 is 9.32 Å². The van der Waals surface area contributed by atoms with Crippen molar-refractivity contribution in [3.05, 3.63) is 41.6 Å². The average molecular weight is 333 g/mol. The highest BCUT2D eigenvalue weighted by molar-refractivity contribution is 7.97. The zero-order chi connectivity index (χ0) is 16.2. The lowest BCUT2D eigenvalue weighted by Crippen LogP contribution is -2.39. The number of thioether (sulfide) groups is 1. The van der Waals surface area contributed by atoms with Crippen LogP contribution in [0.3, 0.4) is 0 Å². The molecule has 6 heteroatoms. The standard InChI is InChI=1S/C17H23N3O2S/c1-13-9-18-20(10-13)11-14-5-7-19(8-6-14)17(21)16-4-3-15(22-16)12-23-2/h3-4,9-10,14H,5-8,11-12H2,1-2H3. The molecule has 2 aromatic heterocycles. The van der Waals surface area contributed by atoms with E-state index < -0.39 is 0 Å². The Kier molecular flexibility index (Phi) is 5.10. The first-order chi connectivity index (χ1) is 11.2. The summed E-state index contributed by atoms with van der Waals surface area (Å²) in [7, 11) is 0. The average Bonchev–Trinajstić information content (AvgIpc) is 3.17. The second-order valence-corrected chi connectivity index (χ2v) is 7.04. The number of nitrogens with zero attached hydrogens (tertiary/aromatic N) is 3. The van der Waals surface area contributed by atoms with Crippen LogP contribution in [-0.2, 0) is 12.3 Å². The summed E-state index contributed by atoms with van der Waals surface area (Å²) in [6.07, 6.45) is 8.03. The second-order valence-electron chi connectivity index (χ2n) is 6.17. The van der Waals surface area contributed by atoms with E-state index >= 15 is 0 Å². The third-order valence-electron chi connectivity index (χ3n) is 4.27. The van der Waals surface area contributed by atoms with Crippen LogP contribution in [0.15, 0.2) is 28.9 Å². The zero-order valence-corrected chi connectivity index (χ0v) is 14.5. The molecule has 2 aromatic rings. The molecule has 0 aromatic carbocycles. The number of aromatic nitrogens is 2. The van der Waals surface area contributed by atoms with E-state index in [4.69, 9.17) is 4.42 Å². The van der Waals surface area contributed by atoms with Gasteiger partial charge in [0.05, 0.1) is 11.9 Å². The van der Waals surface area contributed by atoms with Crippen LogP contribution in [0.2, 0.25) is 0 Å². The molecule has 0 N–H and O–H groups in total. The van der Waals surface area contributed by atoms with Gasteiger partial charge in [0.2, 0.25) is 0 Å². The predicted octanol–water partition coefficient (Wildman–Crippen LogP) is 3.20. The van der Waals surface area contributed by atoms with Gasteiger partial charge >= 0.3 is 0 Å². The number of piperidine rings is 1. The number of carbonyl (C=O) groups is 1. The van der Waals surface area contributed by atoms with Gasteiger partial charge in [0.15, 0.2) is 5.76 Å². The van der Waals surface area contributed by atoms with Crippen LogP contribution in [0.4, 0.5) is 0 Å². The molecule has 1 saturated heterocycles. The summed E-state index contributed by atoms with van der Waals surface area (Å²) in [6.45, 7) is 4.58. The van der Waals surface area contributed by atoms with E-state index in [1.165, 1.54) is 5.56 Å². The molecule has 1 amide bonds. The lowest BCUT2D eigenvalue weighted by Gasteiger charge is -2.31. The number of likely N-dealkylation sites (tertiary alicyclic amines) is 1. The molecular formula is C17H23N3O2S. The van der Waals surface area contributed by atoms with Crippen molar-refractivity contribution < 1.29 is 9.21 Å². The Morgan fingerprint density at radius 1 is 1.39 bits per heavy atom. The molecular weight excluding hydrogens is 310 g/mol. The molecule has 5 nitrogen and oxygen atoms in total. The van der Waals surface area contributed by atoms with Crippen LogP contribution < -0.4 is 0 Å². The summed E-state index contributed by atoms with van der Waals surface area (Å²) in [4.78, 5) is 14.4. The van der Waals surface area contributed by atoms with Crippen LogP contribution in [-0.4, -0.2) is 39.9 Å². The summed E-state index contributed by atoms with van der Waals surface area (Å²) in [6, 6.07) is 3.70. The molecule has 0 atom stereocenters. The molecule has 124 valence electrons. The van der Waals surface area contributed by atoms with E-state index in [0.717, 1.165) is 44.0 Å². The zero-order valence-electron chi connectivity index (χ0n) is 13.7. The topological polar surface area (TPSA) is 51.3 Å². The number of carbonyl (C=O) groups excluding carboxylic acids is 1. The molecule has 0 aliphatic carbocycles. The number of furan rings is 1. The van der Waals surface area contributed by atoms with Crippen LogP contribution in [0.5, 0.6) is 0 Å². The highest BCUT2D eigenvalue weighted by Crippen LogP contribution is 2.22. The van der Waals surface area contributed by atoms with E-state index in [1.54, 1.807) is 17.8 Å². The number of amides is 1. The number of hydrogen-bond acceptors (Lipinski definition) is 4. The maximum atomic E-state index is 12.5. The van der Waals surface area contributed by atoms with Crippen LogP contribution in [0.1, 0.15) is 34.7 Å². The van der Waals surface area contributed by atoms with E-state index in [2.05, 4.69) is 18.2 Å². The molecule has 23 heavy (non-hydrogen) atoms. The van der Waals surface area contributed by atoms with Crippen LogP contribution in [0, 0.1) is 12.8 Å². The van der Waals surface area contributed by atoms with Gasteiger partial charge in [-0.3, -0.25) is 9.48 Å². The van der Waals surface area contributed by atoms with Gasteiger partial charge in [0, 0.05) is 25.8 Å². The first-order valence-corrected chi connectivity index (χ1v) is 9.41. The van der Waals surface area contributed by atoms with Crippen LogP contribution >= 0.6 is 11.8 Å². The Balaban J connectivity index is 1.52. The molecule has 0 saturated carbocycles. The summed E-state index contributed by atoms with van der Waals surface area (Å²) in [5.74, 6) is 2.74. The highest BCUT2D eigenvalue weighted by Gasteiger charge is 2.25. The monoisotopic (exact) mass is 333 g/mol. The molecule has 0 unspecified atom stereocenters. The third-order valence-corrected chi connectivity index (χ3v) is 4.84. The van der Waals surface area contributed by atoms with Crippen molar-refractivity contribution in [2.24, 2.45) is 5.92 Å². The van der Waals surface area contributed by atoms with Gasteiger partial charge in [-0.05, 0) is 49.6 Å². The summed E-state index contributed by atoms with van der Waals surface area (Å²) < 4.78 is 7.65. The lowest BCUT2D eigenvalue weighted by atomic mass is 9.96. The number of aryl methyl sites for hydroxylation is 1. The van der Waals surface area contributed by atoms with Gasteiger partial charge in [-0.2, -0.15) is 16.9 Å². The van der Waals surface area contributed by atoms with Crippen molar-refractivity contribution >= 4 is 17.7 Å². The van der Waals surface area contributed by atoms with Crippen LogP contribution in [0.25, 0.3) is 0 Å². The Morgan fingerprint density at radius 2 is 2.17 bits per heavy atom. The largest absolute Gasteiger partial charge is 0.455 e. The molecule has 1 fully saturated rings. The maximum Gasteiger partial charge on any atom is 0.289 e. The van der Waals surface area contributed by atoms with Crippen molar-refractivity contribution in [1.82, 2.24) is 14.7 Å². The SMILES string of the molecule is CSCc1ccc(C(=O)N2CCC(Cn3cc(C)cn3)CC2)o1. The Bertz CT molecular complexity index is 656. The van der Waals surface area contributed by atoms with Crippen molar-refractivity contribution in [3.63, 3.8) is 0 Å². The number of rotatable bonds is 5. The van der Waals surface area contributed by atoms with Crippen molar-refractivity contribution in [1.29, 1.82) is 0 Å². The summed E-state index contributed by atoms with van der Waals surface area (Å²) in [5.41, 5.74) is 1.19. The first kappa shape index (κ1) is 16.2. The molecule has 1 aliphatic heterocycles. The van der Waals surface area contributed by atoms with E-state index in [9.17, 15) is 4.79 Å². The van der Waals surface area contributed by atoms with Gasteiger partial charge in [-0.1, -0.05) is 0 Å². The Morgan fingerprint density at radius 3 is 2.83 bits per heavy atom. The minimum atomic E-state index is 0.0192. The number of hydrogen-bond donors (Lipinski definition) is 0. The van der Waals surface area contributed by atoms with E-state index in [0.29, 0.717) is 11.7 Å². The van der Waals surface area contributed by atoms with E-state index in [-0.39, 0.29) is 5.91 Å². The quantitative estimate of drug-likeness (QED) is 0.843. The summed E-state index contributed by atoms with van der Waals surface area (Å²) >= 11 is 1.69. The smallest absolute Gasteiger partial charge is 0.289 e. The molecule has 0 bridgehead atoms. The van der Waals surface area contributed by atoms with Crippen molar-refractivity contribution in [3.8, 4) is 0 Å². The van der Waals surface area contributed by atoms with Gasteiger partial charge in [0.1, 0.15) is 5.76 Å². The van der Waals surface area contributed by atoms with Gasteiger partial charge in [-0.25, -0.2) is 0 Å². The molecule has 0 radical (unpaired) electrons. The Hall–Kier alpha value is -1.69. The van der Waals surface area contributed by atoms with Crippen molar-refractivity contribution in [2.45, 2.75) is 32.1 Å². The minimum Gasteiger partial charge on any atom is -0.455 e. The third kappa shape index (κ3) is 3.99. The molecule has 1 aliphatic rings. The Labute approximate surface area is 141 Å². The lowest BCUT2D eigenvalue weighted by molar-refractivity contribution is 0.0648. The van der Waals surface area contributed by atoms with Gasteiger partial charge in [-0.15, -0.1) is 0 Å². The van der Waals surface area contributed by atoms with Gasteiger partial charge in [0.25, 0.3) is 5.91 Å². The molecule has 3 rings (SSSR count). The fourth-order valence-corrected chi connectivity index (χ4v) is 3.46. The van der Waals surface area contributed by atoms with E-state index in [1.807, 2.05) is 28.1 Å². The first-order valence-electron chi connectivity index (χ1n) is 8.01. The minimum absolute atomic E-state index is 0.0192. The predicted molar refractivity (Wildman–Crippen MR) is 91.5 cm³/mol. The second kappa shape index (κ2) is 7.25. The fraction of sp³-hybridized carbons (Fsp3) is 0.529. The molecule has 3 heterocycles. The normalized spacial score (nSPS) is 16.0. The molecule has 0 spiro atoms. The fourth-order valence-electron chi connectivity index (χ4n) is 3.02.